The smallest absolute Gasteiger partial charge is 0.242 e. The molecule has 2 amide bonds. The summed E-state index contributed by atoms with van der Waals surface area (Å²) < 4.78 is 26.7. The second-order valence-electron chi connectivity index (χ2n) is 8.82. The third-order valence-corrected chi connectivity index (χ3v) is 6.39. The first kappa shape index (κ1) is 26.7. The number of hydrogen-bond acceptors (Lipinski definition) is 7. The highest BCUT2D eigenvalue weighted by atomic mass is 16.7. The van der Waals surface area contributed by atoms with Gasteiger partial charge in [-0.05, 0) is 60.0 Å². The maximum absolute atomic E-state index is 13.6. The molecule has 0 saturated carbocycles. The largest absolute Gasteiger partial charge is 0.497 e. The number of methoxy groups -OCH3 is 3. The van der Waals surface area contributed by atoms with E-state index in [4.69, 9.17) is 23.7 Å². The molecule has 0 aromatic heterocycles. The molecule has 1 heterocycles. The van der Waals surface area contributed by atoms with Crippen molar-refractivity contribution < 1.29 is 33.3 Å². The number of ether oxygens (including phenoxy) is 5. The number of hydrogen-bond donors (Lipinski definition) is 1. The van der Waals surface area contributed by atoms with Crippen LogP contribution in [-0.2, 0) is 29.1 Å². The summed E-state index contributed by atoms with van der Waals surface area (Å²) in [5.74, 6) is 2.70. The summed E-state index contributed by atoms with van der Waals surface area (Å²) in [5.41, 5.74) is 2.50. The average molecular weight is 521 g/mol. The Kier molecular flexibility index (Phi) is 8.58. The minimum absolute atomic E-state index is 0.0935. The lowest BCUT2D eigenvalue weighted by Gasteiger charge is -2.29. The number of amides is 2. The van der Waals surface area contributed by atoms with Crippen LogP contribution in [0.3, 0.4) is 0 Å². The third-order valence-electron chi connectivity index (χ3n) is 6.39. The fraction of sp³-hybridized carbons (Fsp3) is 0.310. The lowest BCUT2D eigenvalue weighted by Crippen LogP contribution is -2.48. The maximum atomic E-state index is 13.6. The molecule has 9 heteroatoms. The quantitative estimate of drug-likeness (QED) is 0.412. The molecule has 9 nitrogen and oxygen atoms in total. The second kappa shape index (κ2) is 12.2. The summed E-state index contributed by atoms with van der Waals surface area (Å²) in [7, 11) is 4.70. The summed E-state index contributed by atoms with van der Waals surface area (Å²) in [5, 5.41) is 2.94. The zero-order valence-corrected chi connectivity index (χ0v) is 22.0. The van der Waals surface area contributed by atoms with Crippen LogP contribution >= 0.6 is 0 Å². The Morgan fingerprint density at radius 1 is 0.842 bits per heavy atom. The molecule has 0 saturated heterocycles. The number of nitrogens with one attached hydrogen (secondary N) is 1. The maximum Gasteiger partial charge on any atom is 0.242 e. The Bertz CT molecular complexity index is 1280. The van der Waals surface area contributed by atoms with Crippen LogP contribution in [-0.4, -0.2) is 50.9 Å². The van der Waals surface area contributed by atoms with Crippen molar-refractivity contribution in [2.45, 2.75) is 32.5 Å². The molecule has 1 aliphatic rings. The van der Waals surface area contributed by atoms with Crippen LogP contribution in [0.25, 0.3) is 0 Å². The van der Waals surface area contributed by atoms with Crippen molar-refractivity contribution in [3.05, 3.63) is 77.4 Å². The van der Waals surface area contributed by atoms with Gasteiger partial charge in [0.1, 0.15) is 11.8 Å². The van der Waals surface area contributed by atoms with Crippen molar-refractivity contribution in [3.8, 4) is 28.7 Å². The number of fused-ring (bicyclic) bond motifs is 1. The van der Waals surface area contributed by atoms with E-state index >= 15 is 0 Å². The van der Waals surface area contributed by atoms with Gasteiger partial charge in [-0.2, -0.15) is 0 Å². The van der Waals surface area contributed by atoms with Crippen molar-refractivity contribution in [3.63, 3.8) is 0 Å². The van der Waals surface area contributed by atoms with Gasteiger partial charge < -0.3 is 33.9 Å². The van der Waals surface area contributed by atoms with Gasteiger partial charge in [0.25, 0.3) is 0 Å². The summed E-state index contributed by atoms with van der Waals surface area (Å²) in [6.45, 7) is 2.46. The molecule has 3 aromatic rings. The van der Waals surface area contributed by atoms with E-state index in [1.54, 1.807) is 45.3 Å². The highest BCUT2D eigenvalue weighted by Gasteiger charge is 2.26. The Balaban J connectivity index is 1.49. The molecule has 1 aliphatic heterocycles. The number of benzene rings is 3. The van der Waals surface area contributed by atoms with Gasteiger partial charge in [-0.3, -0.25) is 9.59 Å². The van der Waals surface area contributed by atoms with Crippen LogP contribution in [0.1, 0.15) is 23.6 Å². The van der Waals surface area contributed by atoms with Crippen molar-refractivity contribution in [2.24, 2.45) is 0 Å². The first-order chi connectivity index (χ1) is 18.4. The minimum atomic E-state index is -0.723. The van der Waals surface area contributed by atoms with Crippen LogP contribution < -0.4 is 29.0 Å². The summed E-state index contributed by atoms with van der Waals surface area (Å²) in [4.78, 5) is 28.3. The average Bonchev–Trinajstić information content (AvgIpc) is 3.42. The van der Waals surface area contributed by atoms with Gasteiger partial charge >= 0.3 is 0 Å². The predicted octanol–water partition coefficient (Wildman–Crippen LogP) is 3.72. The normalized spacial score (nSPS) is 12.4. The summed E-state index contributed by atoms with van der Waals surface area (Å²) in [6, 6.07) is 17.6. The van der Waals surface area contributed by atoms with E-state index in [-0.39, 0.29) is 31.6 Å². The van der Waals surface area contributed by atoms with E-state index in [0.29, 0.717) is 35.3 Å². The van der Waals surface area contributed by atoms with Gasteiger partial charge in [0.2, 0.25) is 18.6 Å². The molecular weight excluding hydrogens is 488 g/mol. The van der Waals surface area contributed by atoms with Crippen LogP contribution in [0.2, 0.25) is 0 Å². The third kappa shape index (κ3) is 6.29. The van der Waals surface area contributed by atoms with E-state index in [9.17, 15) is 9.59 Å². The molecule has 1 N–H and O–H groups in total. The van der Waals surface area contributed by atoms with Crippen molar-refractivity contribution in [1.29, 1.82) is 0 Å². The number of carbonyl (C=O) groups is 2. The van der Waals surface area contributed by atoms with Gasteiger partial charge in [0, 0.05) is 13.1 Å². The zero-order chi connectivity index (χ0) is 27.1. The molecule has 3 aromatic carbocycles. The first-order valence-electron chi connectivity index (χ1n) is 12.2. The van der Waals surface area contributed by atoms with E-state index in [2.05, 4.69) is 5.32 Å². The Hall–Kier alpha value is -4.40. The fourth-order valence-corrected chi connectivity index (χ4v) is 4.16. The summed E-state index contributed by atoms with van der Waals surface area (Å²) >= 11 is 0. The first-order valence-corrected chi connectivity index (χ1v) is 12.2. The van der Waals surface area contributed by atoms with Crippen LogP contribution in [0, 0.1) is 0 Å². The van der Waals surface area contributed by atoms with Gasteiger partial charge in [0.15, 0.2) is 23.0 Å². The molecule has 0 bridgehead atoms. The molecule has 0 spiro atoms. The number of carbonyl (C=O) groups excluding carboxylic acids is 2. The molecule has 0 radical (unpaired) electrons. The number of rotatable bonds is 11. The van der Waals surface area contributed by atoms with Gasteiger partial charge in [0.05, 0.1) is 27.8 Å². The Morgan fingerprint density at radius 2 is 1.53 bits per heavy atom. The summed E-state index contributed by atoms with van der Waals surface area (Å²) in [6.07, 6.45) is 0.0935. The lowest BCUT2D eigenvalue weighted by atomic mass is 10.1. The van der Waals surface area contributed by atoms with Gasteiger partial charge in [-0.25, -0.2) is 0 Å². The van der Waals surface area contributed by atoms with E-state index in [1.165, 1.54) is 0 Å². The molecule has 0 fully saturated rings. The topological polar surface area (TPSA) is 95.6 Å². The lowest BCUT2D eigenvalue weighted by molar-refractivity contribution is -0.140. The van der Waals surface area contributed by atoms with E-state index < -0.39 is 6.04 Å². The molecular formula is C29H32N2O7. The molecule has 38 heavy (non-hydrogen) atoms. The molecule has 0 unspecified atom stereocenters. The zero-order valence-electron chi connectivity index (χ0n) is 22.0. The van der Waals surface area contributed by atoms with Crippen molar-refractivity contribution in [1.82, 2.24) is 10.2 Å². The van der Waals surface area contributed by atoms with Crippen LogP contribution in [0.4, 0.5) is 0 Å². The molecule has 4 rings (SSSR count). The predicted molar refractivity (Wildman–Crippen MR) is 141 cm³/mol. The van der Waals surface area contributed by atoms with E-state index in [1.807, 2.05) is 48.5 Å². The highest BCUT2D eigenvalue weighted by molar-refractivity contribution is 5.88. The highest BCUT2D eigenvalue weighted by Crippen LogP contribution is 2.32. The molecule has 0 aliphatic carbocycles. The molecule has 200 valence electrons. The number of nitrogens with zero attached hydrogens (tertiary/aromatic N) is 1. The van der Waals surface area contributed by atoms with Crippen LogP contribution in [0.15, 0.2) is 60.7 Å². The monoisotopic (exact) mass is 520 g/mol. The Labute approximate surface area is 222 Å². The van der Waals surface area contributed by atoms with Crippen LogP contribution in [0.5, 0.6) is 28.7 Å². The SMILES string of the molecule is COc1ccc(CN(C(=O)Cc2ccc(OC)c(OC)c2)[C@H](C)C(=O)NCc2ccc3c(c2)OCO3)cc1. The van der Waals surface area contributed by atoms with Gasteiger partial charge in [-0.1, -0.05) is 24.3 Å². The van der Waals surface area contributed by atoms with E-state index in [0.717, 1.165) is 16.7 Å². The molecule has 1 atom stereocenters. The fourth-order valence-electron chi connectivity index (χ4n) is 4.16. The minimum Gasteiger partial charge on any atom is -0.497 e. The van der Waals surface area contributed by atoms with Crippen molar-refractivity contribution >= 4 is 11.8 Å². The second-order valence-corrected chi connectivity index (χ2v) is 8.82. The van der Waals surface area contributed by atoms with Crippen molar-refractivity contribution in [2.75, 3.05) is 28.1 Å². The standard InChI is InChI=1S/C29H32N2O7/c1-19(29(33)30-16-22-8-12-25-27(14-22)38-18-37-25)31(17-20-5-9-23(34-2)10-6-20)28(32)15-21-7-11-24(35-3)26(13-21)36-4/h5-14,19H,15-18H2,1-4H3,(H,30,33)/t19-/m1/s1. The Morgan fingerprint density at radius 3 is 2.24 bits per heavy atom. The van der Waals surface area contributed by atoms with Gasteiger partial charge in [-0.15, -0.1) is 0 Å².